The van der Waals surface area contributed by atoms with Crippen LogP contribution in [0.15, 0.2) is 48.5 Å². The third-order valence-corrected chi connectivity index (χ3v) is 3.58. The van der Waals surface area contributed by atoms with E-state index in [1.165, 1.54) is 0 Å². The lowest BCUT2D eigenvalue weighted by Gasteiger charge is -2.24. The van der Waals surface area contributed by atoms with Gasteiger partial charge in [0.2, 0.25) is 0 Å². The fourth-order valence-corrected chi connectivity index (χ4v) is 2.25. The summed E-state index contributed by atoms with van der Waals surface area (Å²) in [5.41, 5.74) is 0.793. The molecule has 2 aromatic rings. The lowest BCUT2D eigenvalue weighted by atomic mass is 9.89. The largest absolute Gasteiger partial charge is 0.385 e. The Balaban J connectivity index is 2.27. The average molecular weight is 281 g/mol. The summed E-state index contributed by atoms with van der Waals surface area (Å²) in [7, 11) is 0. The molecule has 0 aliphatic rings. The molecule has 0 bridgehead atoms. The summed E-state index contributed by atoms with van der Waals surface area (Å²) in [6.07, 6.45) is 0.467. The summed E-state index contributed by atoms with van der Waals surface area (Å²) in [5.74, 6) is 0. The molecule has 3 heteroatoms. The molecule has 0 aromatic heterocycles. The number of hydrogen-bond acceptors (Lipinski definition) is 1. The van der Waals surface area contributed by atoms with Crippen LogP contribution in [-0.2, 0) is 12.0 Å². The monoisotopic (exact) mass is 280 g/mol. The van der Waals surface area contributed by atoms with Crippen molar-refractivity contribution in [2.75, 3.05) is 0 Å². The van der Waals surface area contributed by atoms with Crippen LogP contribution in [0.25, 0.3) is 0 Å². The predicted molar refractivity (Wildman–Crippen MR) is 76.2 cm³/mol. The fourth-order valence-electron chi connectivity index (χ4n) is 1.92. The third-order valence-electron chi connectivity index (χ3n) is 2.96. The summed E-state index contributed by atoms with van der Waals surface area (Å²) in [6, 6.07) is 14.8. The highest BCUT2D eigenvalue weighted by Crippen LogP contribution is 2.29. The van der Waals surface area contributed by atoms with Gasteiger partial charge in [0, 0.05) is 16.5 Å². The standard InChI is InChI=1S/C15H14Cl2O/c1-15(18,12-6-8-13(16)9-7-12)10-11-4-2-3-5-14(11)17/h2-9,18H,10H2,1H3. The number of benzene rings is 2. The fraction of sp³-hybridized carbons (Fsp3) is 0.200. The van der Waals surface area contributed by atoms with Gasteiger partial charge in [0.05, 0.1) is 5.60 Å². The van der Waals surface area contributed by atoms with E-state index in [0.29, 0.717) is 16.5 Å². The Labute approximate surface area is 117 Å². The van der Waals surface area contributed by atoms with Gasteiger partial charge in [-0.1, -0.05) is 53.5 Å². The molecule has 0 aliphatic carbocycles. The van der Waals surface area contributed by atoms with E-state index in [1.54, 1.807) is 19.1 Å². The molecule has 1 nitrogen and oxygen atoms in total. The molecule has 1 N–H and O–H groups in total. The highest BCUT2D eigenvalue weighted by atomic mass is 35.5. The average Bonchev–Trinajstić information content (AvgIpc) is 2.32. The van der Waals surface area contributed by atoms with Crippen LogP contribution >= 0.6 is 23.2 Å². The second-order valence-electron chi connectivity index (χ2n) is 4.55. The van der Waals surface area contributed by atoms with E-state index in [2.05, 4.69) is 0 Å². The van der Waals surface area contributed by atoms with Crippen molar-refractivity contribution in [2.24, 2.45) is 0 Å². The highest BCUT2D eigenvalue weighted by Gasteiger charge is 2.24. The van der Waals surface area contributed by atoms with E-state index in [1.807, 2.05) is 36.4 Å². The molecule has 18 heavy (non-hydrogen) atoms. The molecule has 0 saturated carbocycles. The Morgan fingerprint density at radius 3 is 2.22 bits per heavy atom. The molecular formula is C15H14Cl2O. The smallest absolute Gasteiger partial charge is 0.0909 e. The maximum absolute atomic E-state index is 10.6. The van der Waals surface area contributed by atoms with Crippen molar-refractivity contribution in [2.45, 2.75) is 18.9 Å². The molecule has 0 spiro atoms. The van der Waals surface area contributed by atoms with Crippen LogP contribution in [0.4, 0.5) is 0 Å². The van der Waals surface area contributed by atoms with Gasteiger partial charge in [-0.3, -0.25) is 0 Å². The van der Waals surface area contributed by atoms with Gasteiger partial charge in [-0.2, -0.15) is 0 Å². The van der Waals surface area contributed by atoms with Crippen molar-refractivity contribution in [1.82, 2.24) is 0 Å². The summed E-state index contributed by atoms with van der Waals surface area (Å²) in [5, 5.41) is 11.9. The van der Waals surface area contributed by atoms with Gasteiger partial charge in [-0.15, -0.1) is 0 Å². The number of rotatable bonds is 3. The first-order valence-electron chi connectivity index (χ1n) is 5.71. The Morgan fingerprint density at radius 2 is 1.61 bits per heavy atom. The Morgan fingerprint density at radius 1 is 1.00 bits per heavy atom. The van der Waals surface area contributed by atoms with Crippen molar-refractivity contribution >= 4 is 23.2 Å². The number of aliphatic hydroxyl groups is 1. The number of halogens is 2. The molecule has 0 radical (unpaired) electrons. The zero-order chi connectivity index (χ0) is 13.2. The summed E-state index contributed by atoms with van der Waals surface area (Å²) >= 11 is 12.0. The SMILES string of the molecule is CC(O)(Cc1ccccc1Cl)c1ccc(Cl)cc1. The first-order chi connectivity index (χ1) is 8.49. The molecule has 0 amide bonds. The minimum absolute atomic E-state index is 0.467. The van der Waals surface area contributed by atoms with Crippen LogP contribution in [0.3, 0.4) is 0 Å². The normalized spacial score (nSPS) is 14.2. The van der Waals surface area contributed by atoms with E-state index >= 15 is 0 Å². The van der Waals surface area contributed by atoms with Gasteiger partial charge < -0.3 is 5.11 Å². The molecule has 2 rings (SSSR count). The molecule has 0 fully saturated rings. The quantitative estimate of drug-likeness (QED) is 0.881. The van der Waals surface area contributed by atoms with E-state index in [0.717, 1.165) is 11.1 Å². The molecule has 94 valence electrons. The van der Waals surface area contributed by atoms with Crippen molar-refractivity contribution in [1.29, 1.82) is 0 Å². The van der Waals surface area contributed by atoms with Gasteiger partial charge in [0.25, 0.3) is 0 Å². The zero-order valence-electron chi connectivity index (χ0n) is 10.0. The molecular weight excluding hydrogens is 267 g/mol. The van der Waals surface area contributed by atoms with Crippen molar-refractivity contribution in [3.05, 3.63) is 69.7 Å². The van der Waals surface area contributed by atoms with E-state index in [9.17, 15) is 5.11 Å². The second-order valence-corrected chi connectivity index (χ2v) is 5.39. The highest BCUT2D eigenvalue weighted by molar-refractivity contribution is 6.31. The molecule has 0 aliphatic heterocycles. The van der Waals surface area contributed by atoms with Crippen LogP contribution in [0.2, 0.25) is 10.0 Å². The van der Waals surface area contributed by atoms with Crippen LogP contribution in [0.5, 0.6) is 0 Å². The Hall–Kier alpha value is -1.02. The lowest BCUT2D eigenvalue weighted by molar-refractivity contribution is 0.0576. The van der Waals surface area contributed by atoms with Crippen molar-refractivity contribution < 1.29 is 5.11 Å². The van der Waals surface area contributed by atoms with E-state index < -0.39 is 5.60 Å². The first-order valence-corrected chi connectivity index (χ1v) is 6.46. The summed E-state index contributed by atoms with van der Waals surface area (Å²) < 4.78 is 0. The molecule has 2 aromatic carbocycles. The van der Waals surface area contributed by atoms with Gasteiger partial charge in [0.15, 0.2) is 0 Å². The predicted octanol–water partition coefficient (Wildman–Crippen LogP) is 4.44. The Bertz CT molecular complexity index is 532. The number of hydrogen-bond donors (Lipinski definition) is 1. The van der Waals surface area contributed by atoms with E-state index in [4.69, 9.17) is 23.2 Å². The third kappa shape index (κ3) is 3.05. The minimum atomic E-state index is -0.963. The van der Waals surface area contributed by atoms with Crippen LogP contribution in [0, 0.1) is 0 Å². The maximum atomic E-state index is 10.6. The maximum Gasteiger partial charge on any atom is 0.0909 e. The topological polar surface area (TPSA) is 20.2 Å². The van der Waals surface area contributed by atoms with Gasteiger partial charge in [-0.25, -0.2) is 0 Å². The van der Waals surface area contributed by atoms with Gasteiger partial charge in [0.1, 0.15) is 0 Å². The van der Waals surface area contributed by atoms with Gasteiger partial charge >= 0.3 is 0 Å². The van der Waals surface area contributed by atoms with Crippen molar-refractivity contribution in [3.8, 4) is 0 Å². The molecule has 0 heterocycles. The molecule has 1 atom stereocenters. The first kappa shape index (κ1) is 13.4. The lowest BCUT2D eigenvalue weighted by Crippen LogP contribution is -2.24. The van der Waals surface area contributed by atoms with Gasteiger partial charge in [-0.05, 0) is 36.2 Å². The summed E-state index contributed by atoms with van der Waals surface area (Å²) in [6.45, 7) is 1.78. The minimum Gasteiger partial charge on any atom is -0.385 e. The van der Waals surface area contributed by atoms with Crippen LogP contribution < -0.4 is 0 Å². The molecule has 1 unspecified atom stereocenters. The van der Waals surface area contributed by atoms with Crippen molar-refractivity contribution in [3.63, 3.8) is 0 Å². The van der Waals surface area contributed by atoms with Crippen LogP contribution in [-0.4, -0.2) is 5.11 Å². The molecule has 0 saturated heterocycles. The zero-order valence-corrected chi connectivity index (χ0v) is 11.5. The second kappa shape index (κ2) is 5.31. The van der Waals surface area contributed by atoms with Crippen LogP contribution in [0.1, 0.15) is 18.1 Å². The Kier molecular flexibility index (Phi) is 3.96. The summed E-state index contributed by atoms with van der Waals surface area (Å²) in [4.78, 5) is 0. The van der Waals surface area contributed by atoms with E-state index in [-0.39, 0.29) is 0 Å².